The first-order valence-electron chi connectivity index (χ1n) is 12.1. The van der Waals surface area contributed by atoms with Crippen LogP contribution < -0.4 is 4.90 Å². The Kier molecular flexibility index (Phi) is 5.06. The van der Waals surface area contributed by atoms with Crippen LogP contribution in [0.15, 0.2) is 55.0 Å². The van der Waals surface area contributed by atoms with Crippen molar-refractivity contribution in [3.05, 3.63) is 82.9 Å². The van der Waals surface area contributed by atoms with Crippen molar-refractivity contribution >= 4 is 16.9 Å². The number of nitrogens with one attached hydrogen (secondary N) is 1. The van der Waals surface area contributed by atoms with Gasteiger partial charge in [0.15, 0.2) is 5.75 Å². The van der Waals surface area contributed by atoms with Crippen LogP contribution in [0.25, 0.3) is 27.8 Å². The molecule has 4 heterocycles. The van der Waals surface area contributed by atoms with Gasteiger partial charge in [-0.2, -0.15) is 5.10 Å². The zero-order valence-electron chi connectivity index (χ0n) is 20.2. The van der Waals surface area contributed by atoms with Crippen LogP contribution in [0.1, 0.15) is 34.9 Å². The third kappa shape index (κ3) is 3.46. The minimum Gasteiger partial charge on any atom is -0.505 e. The summed E-state index contributed by atoms with van der Waals surface area (Å²) in [7, 11) is 0. The highest BCUT2D eigenvalue weighted by atomic mass is 16.3. The van der Waals surface area contributed by atoms with Crippen molar-refractivity contribution in [1.29, 1.82) is 0 Å². The van der Waals surface area contributed by atoms with Crippen LogP contribution in [0.4, 0.5) is 5.95 Å². The van der Waals surface area contributed by atoms with E-state index in [9.17, 15) is 5.11 Å². The van der Waals surface area contributed by atoms with Gasteiger partial charge in [0, 0.05) is 47.7 Å². The first-order chi connectivity index (χ1) is 17.0. The first-order valence-corrected chi connectivity index (χ1v) is 12.1. The highest BCUT2D eigenvalue weighted by molar-refractivity contribution is 5.97. The van der Waals surface area contributed by atoms with Crippen molar-refractivity contribution < 1.29 is 5.11 Å². The van der Waals surface area contributed by atoms with Gasteiger partial charge < -0.3 is 15.0 Å². The quantitative estimate of drug-likeness (QED) is 0.379. The molecule has 2 N–H and O–H groups in total. The second kappa shape index (κ2) is 8.27. The van der Waals surface area contributed by atoms with E-state index < -0.39 is 0 Å². The van der Waals surface area contributed by atoms with Gasteiger partial charge >= 0.3 is 0 Å². The molecular weight excluding hydrogens is 436 g/mol. The Bertz CT molecular complexity index is 1530. The molecule has 0 saturated carbocycles. The molecule has 0 unspecified atom stereocenters. The molecule has 1 aliphatic rings. The lowest BCUT2D eigenvalue weighted by atomic mass is 9.96. The lowest BCUT2D eigenvalue weighted by Crippen LogP contribution is -2.31. The number of aromatic amines is 1. The highest BCUT2D eigenvalue weighted by Crippen LogP contribution is 2.39. The standard InChI is InChI=1S/C28H28N6O/c1-4-19-8-9-22(21-10-12-29-25(19)21)27-23-16-33(28-30-14-20(35)15-31-28)13-11-24(23)32-34(27)26-17(2)6-5-7-18(26)3/h5-10,12,14-15,29,35H,4,11,13,16H2,1-3H3. The number of hydrogen-bond acceptors (Lipinski definition) is 5. The van der Waals surface area contributed by atoms with Crippen molar-refractivity contribution in [2.24, 2.45) is 0 Å². The molecule has 0 atom stereocenters. The van der Waals surface area contributed by atoms with Crippen LogP contribution in [-0.2, 0) is 19.4 Å². The number of aromatic hydroxyl groups is 1. The van der Waals surface area contributed by atoms with E-state index in [0.717, 1.165) is 36.5 Å². The molecule has 0 bridgehead atoms. The monoisotopic (exact) mass is 464 g/mol. The van der Waals surface area contributed by atoms with Gasteiger partial charge in [-0.3, -0.25) is 0 Å². The van der Waals surface area contributed by atoms with E-state index in [2.05, 4.69) is 81.7 Å². The molecule has 1 aliphatic heterocycles. The number of aromatic nitrogens is 5. The number of anilines is 1. The largest absolute Gasteiger partial charge is 0.505 e. The molecule has 0 fully saturated rings. The summed E-state index contributed by atoms with van der Waals surface area (Å²) in [4.78, 5) is 14.4. The van der Waals surface area contributed by atoms with E-state index in [1.54, 1.807) is 0 Å². The normalized spacial score (nSPS) is 13.4. The van der Waals surface area contributed by atoms with Crippen molar-refractivity contribution in [2.75, 3.05) is 11.4 Å². The Morgan fingerprint density at radius 3 is 2.54 bits per heavy atom. The Hall–Kier alpha value is -4.13. The second-order valence-electron chi connectivity index (χ2n) is 9.23. The molecule has 7 nitrogen and oxygen atoms in total. The number of H-pyrrole nitrogens is 1. The van der Waals surface area contributed by atoms with Gasteiger partial charge in [-0.05, 0) is 43.0 Å². The van der Waals surface area contributed by atoms with Crippen molar-refractivity contribution in [2.45, 2.75) is 40.2 Å². The second-order valence-corrected chi connectivity index (χ2v) is 9.23. The predicted molar refractivity (Wildman–Crippen MR) is 138 cm³/mol. The molecule has 0 aliphatic carbocycles. The Balaban J connectivity index is 1.59. The molecule has 0 spiro atoms. The van der Waals surface area contributed by atoms with Gasteiger partial charge in [-0.1, -0.05) is 37.3 Å². The molecule has 6 rings (SSSR count). The molecule has 0 saturated heterocycles. The van der Waals surface area contributed by atoms with Crippen molar-refractivity contribution in [3.63, 3.8) is 0 Å². The maximum Gasteiger partial charge on any atom is 0.225 e. The van der Waals surface area contributed by atoms with E-state index in [1.807, 2.05) is 6.20 Å². The van der Waals surface area contributed by atoms with E-state index in [-0.39, 0.29) is 5.75 Å². The van der Waals surface area contributed by atoms with Crippen molar-refractivity contribution in [1.82, 2.24) is 24.7 Å². The summed E-state index contributed by atoms with van der Waals surface area (Å²) in [6, 6.07) is 13.0. The van der Waals surface area contributed by atoms with Gasteiger partial charge in [-0.15, -0.1) is 0 Å². The molecule has 0 radical (unpaired) electrons. The summed E-state index contributed by atoms with van der Waals surface area (Å²) in [6.07, 6.45) is 6.69. The fourth-order valence-corrected chi connectivity index (χ4v) is 5.32. The average molecular weight is 465 g/mol. The number of para-hydroxylation sites is 1. The molecular formula is C28H28N6O. The molecule has 5 aromatic rings. The first kappa shape index (κ1) is 21.4. The summed E-state index contributed by atoms with van der Waals surface area (Å²) < 4.78 is 2.16. The summed E-state index contributed by atoms with van der Waals surface area (Å²) in [5, 5.41) is 16.1. The maximum absolute atomic E-state index is 9.65. The van der Waals surface area contributed by atoms with E-state index >= 15 is 0 Å². The van der Waals surface area contributed by atoms with Crippen molar-refractivity contribution in [3.8, 4) is 22.7 Å². The fraction of sp³-hybridized carbons (Fsp3) is 0.250. The molecule has 176 valence electrons. The Morgan fingerprint density at radius 2 is 1.80 bits per heavy atom. The number of benzene rings is 2. The topological polar surface area (TPSA) is 82.9 Å². The van der Waals surface area contributed by atoms with E-state index in [1.165, 1.54) is 51.1 Å². The maximum atomic E-state index is 9.65. The third-order valence-corrected chi connectivity index (χ3v) is 7.04. The highest BCUT2D eigenvalue weighted by Gasteiger charge is 2.29. The number of aryl methyl sites for hydroxylation is 3. The van der Waals surface area contributed by atoms with Crippen LogP contribution in [0.3, 0.4) is 0 Å². The average Bonchev–Trinajstić information content (AvgIpc) is 3.49. The van der Waals surface area contributed by atoms with Gasteiger partial charge in [0.05, 0.1) is 29.5 Å². The number of rotatable bonds is 4. The van der Waals surface area contributed by atoms with E-state index in [4.69, 9.17) is 5.10 Å². The van der Waals surface area contributed by atoms with Gasteiger partial charge in [0.25, 0.3) is 0 Å². The SMILES string of the molecule is CCc1ccc(-c2c3c(nn2-c2c(C)cccc2C)CCN(c2ncc(O)cn2)C3)c2cc[nH]c12. The smallest absolute Gasteiger partial charge is 0.225 e. The zero-order chi connectivity index (χ0) is 24.1. The lowest BCUT2D eigenvalue weighted by Gasteiger charge is -2.27. The van der Waals surface area contributed by atoms with E-state index in [0.29, 0.717) is 12.5 Å². The summed E-state index contributed by atoms with van der Waals surface area (Å²) in [6.45, 7) is 7.91. The number of hydrogen-bond donors (Lipinski definition) is 2. The minimum absolute atomic E-state index is 0.0702. The molecule has 7 heteroatoms. The predicted octanol–water partition coefficient (Wildman–Crippen LogP) is 5.26. The van der Waals surface area contributed by atoms with Crippen LogP contribution in [-0.4, -0.2) is 36.4 Å². The summed E-state index contributed by atoms with van der Waals surface area (Å²) in [5.74, 6) is 0.688. The van der Waals surface area contributed by atoms with Crippen LogP contribution in [0.5, 0.6) is 5.75 Å². The van der Waals surface area contributed by atoms with Crippen LogP contribution >= 0.6 is 0 Å². The summed E-state index contributed by atoms with van der Waals surface area (Å²) >= 11 is 0. The Labute approximate surface area is 204 Å². The third-order valence-electron chi connectivity index (χ3n) is 7.04. The molecule has 35 heavy (non-hydrogen) atoms. The minimum atomic E-state index is 0.0702. The fourth-order valence-electron chi connectivity index (χ4n) is 5.32. The molecule has 2 aromatic carbocycles. The Morgan fingerprint density at radius 1 is 1.03 bits per heavy atom. The van der Waals surface area contributed by atoms with Gasteiger partial charge in [0.1, 0.15) is 0 Å². The van der Waals surface area contributed by atoms with Gasteiger partial charge in [-0.25, -0.2) is 14.6 Å². The zero-order valence-corrected chi connectivity index (χ0v) is 20.2. The summed E-state index contributed by atoms with van der Waals surface area (Å²) in [5.41, 5.74) is 10.6. The van der Waals surface area contributed by atoms with Crippen LogP contribution in [0.2, 0.25) is 0 Å². The molecule has 0 amide bonds. The van der Waals surface area contributed by atoms with Gasteiger partial charge in [0.2, 0.25) is 5.95 Å². The van der Waals surface area contributed by atoms with Crippen LogP contribution in [0, 0.1) is 13.8 Å². The lowest BCUT2D eigenvalue weighted by molar-refractivity contribution is 0.469. The molecule has 3 aromatic heterocycles. The number of fused-ring (bicyclic) bond motifs is 2. The number of nitrogens with zero attached hydrogens (tertiary/aromatic N) is 5.